The Labute approximate surface area is 87.2 Å². The van der Waals surface area contributed by atoms with Gasteiger partial charge in [-0.3, -0.25) is 0 Å². The van der Waals surface area contributed by atoms with Crippen molar-refractivity contribution < 1.29 is 4.42 Å². The predicted octanol–water partition coefficient (Wildman–Crippen LogP) is 1.75. The second kappa shape index (κ2) is 3.38. The molecular formula is C11H12N2O2. The topological polar surface area (TPSA) is 48.0 Å². The van der Waals surface area contributed by atoms with E-state index in [4.69, 9.17) is 4.42 Å². The maximum Gasteiger partial charge on any atom is 0.441 e. The molecule has 0 unspecified atom stereocenters. The number of benzene rings is 1. The first-order valence-corrected chi connectivity index (χ1v) is 4.72. The summed E-state index contributed by atoms with van der Waals surface area (Å²) in [6, 6.07) is 5.87. The maximum absolute atomic E-state index is 11.4. The molecule has 0 aliphatic carbocycles. The molecule has 15 heavy (non-hydrogen) atoms. The number of hydrogen-bond donors (Lipinski definition) is 0. The van der Waals surface area contributed by atoms with Gasteiger partial charge in [0.1, 0.15) is 0 Å². The van der Waals surface area contributed by atoms with Crippen molar-refractivity contribution in [2.24, 2.45) is 0 Å². The van der Waals surface area contributed by atoms with Crippen LogP contribution in [-0.2, 0) is 0 Å². The molecule has 1 aromatic carbocycles. The van der Waals surface area contributed by atoms with Gasteiger partial charge in [-0.05, 0) is 31.0 Å². The average molecular weight is 204 g/mol. The molecule has 0 N–H and O–H groups in total. The molecule has 2 rings (SSSR count). The fraction of sp³-hybridized carbons (Fsp3) is 0.273. The van der Waals surface area contributed by atoms with Gasteiger partial charge in [-0.1, -0.05) is 12.1 Å². The number of aromatic nitrogens is 2. The highest BCUT2D eigenvalue weighted by Crippen LogP contribution is 2.13. The fourth-order valence-electron chi connectivity index (χ4n) is 1.47. The van der Waals surface area contributed by atoms with Crippen molar-refractivity contribution in [3.8, 4) is 5.69 Å². The Morgan fingerprint density at radius 2 is 2.00 bits per heavy atom. The van der Waals surface area contributed by atoms with Crippen molar-refractivity contribution in [3.05, 3.63) is 45.8 Å². The molecule has 4 heteroatoms. The molecule has 0 radical (unpaired) electrons. The third-order valence-electron chi connectivity index (χ3n) is 2.24. The predicted molar refractivity (Wildman–Crippen MR) is 56.3 cm³/mol. The molecule has 2 aromatic rings. The monoisotopic (exact) mass is 204 g/mol. The van der Waals surface area contributed by atoms with E-state index in [0.717, 1.165) is 16.8 Å². The van der Waals surface area contributed by atoms with Crippen LogP contribution in [0.25, 0.3) is 5.69 Å². The van der Waals surface area contributed by atoms with Crippen LogP contribution >= 0.6 is 0 Å². The Balaban J connectivity index is 2.68. The van der Waals surface area contributed by atoms with Gasteiger partial charge in [0, 0.05) is 6.92 Å². The number of aryl methyl sites for hydroxylation is 3. The Morgan fingerprint density at radius 1 is 1.27 bits per heavy atom. The van der Waals surface area contributed by atoms with Crippen molar-refractivity contribution in [1.29, 1.82) is 0 Å². The Kier molecular flexibility index (Phi) is 2.19. The van der Waals surface area contributed by atoms with Gasteiger partial charge >= 0.3 is 5.76 Å². The second-order valence-corrected chi connectivity index (χ2v) is 3.59. The largest absolute Gasteiger partial charge is 0.441 e. The SMILES string of the molecule is Cc1ccc(C)c(-n2nc(C)oc2=O)c1. The normalized spacial score (nSPS) is 10.6. The fourth-order valence-corrected chi connectivity index (χ4v) is 1.47. The van der Waals surface area contributed by atoms with Crippen LogP contribution in [0.1, 0.15) is 17.0 Å². The van der Waals surface area contributed by atoms with E-state index in [1.54, 1.807) is 6.92 Å². The summed E-state index contributed by atoms with van der Waals surface area (Å²) >= 11 is 0. The molecule has 0 fully saturated rings. The molecule has 0 aliphatic heterocycles. The van der Waals surface area contributed by atoms with E-state index >= 15 is 0 Å². The third kappa shape index (κ3) is 1.70. The van der Waals surface area contributed by atoms with Crippen LogP contribution in [0.3, 0.4) is 0 Å². The van der Waals surface area contributed by atoms with Gasteiger partial charge < -0.3 is 4.42 Å². The number of rotatable bonds is 1. The molecule has 4 nitrogen and oxygen atoms in total. The van der Waals surface area contributed by atoms with Crippen LogP contribution in [0.4, 0.5) is 0 Å². The summed E-state index contributed by atoms with van der Waals surface area (Å²) in [7, 11) is 0. The first-order chi connectivity index (χ1) is 7.08. The van der Waals surface area contributed by atoms with Gasteiger partial charge in [0.15, 0.2) is 0 Å². The van der Waals surface area contributed by atoms with Gasteiger partial charge in [0.05, 0.1) is 5.69 Å². The molecule has 0 saturated carbocycles. The van der Waals surface area contributed by atoms with Crippen molar-refractivity contribution >= 4 is 0 Å². The minimum absolute atomic E-state index is 0.376. The highest BCUT2D eigenvalue weighted by molar-refractivity contribution is 5.41. The lowest BCUT2D eigenvalue weighted by atomic mass is 10.1. The van der Waals surface area contributed by atoms with Crippen molar-refractivity contribution in [3.63, 3.8) is 0 Å². The van der Waals surface area contributed by atoms with Crippen LogP contribution in [0.15, 0.2) is 27.4 Å². The van der Waals surface area contributed by atoms with Crippen LogP contribution in [0, 0.1) is 20.8 Å². The lowest BCUT2D eigenvalue weighted by molar-refractivity contribution is 0.477. The summed E-state index contributed by atoms with van der Waals surface area (Å²) in [4.78, 5) is 11.4. The van der Waals surface area contributed by atoms with Gasteiger partial charge in [-0.15, -0.1) is 5.10 Å². The van der Waals surface area contributed by atoms with E-state index in [1.807, 2.05) is 32.0 Å². The van der Waals surface area contributed by atoms with Crippen molar-refractivity contribution in [2.75, 3.05) is 0 Å². The van der Waals surface area contributed by atoms with E-state index in [0.29, 0.717) is 5.89 Å². The van der Waals surface area contributed by atoms with Gasteiger partial charge in [-0.25, -0.2) is 4.79 Å². The first-order valence-electron chi connectivity index (χ1n) is 4.72. The molecule has 0 aliphatic rings. The molecular weight excluding hydrogens is 192 g/mol. The van der Waals surface area contributed by atoms with Crippen LogP contribution in [0.5, 0.6) is 0 Å². The zero-order valence-electron chi connectivity index (χ0n) is 8.94. The Morgan fingerprint density at radius 3 is 2.60 bits per heavy atom. The van der Waals surface area contributed by atoms with Crippen LogP contribution < -0.4 is 5.76 Å². The molecule has 78 valence electrons. The first kappa shape index (κ1) is 9.71. The lowest BCUT2D eigenvalue weighted by Crippen LogP contribution is -2.14. The van der Waals surface area contributed by atoms with Crippen molar-refractivity contribution in [1.82, 2.24) is 9.78 Å². The highest BCUT2D eigenvalue weighted by Gasteiger charge is 2.08. The maximum atomic E-state index is 11.4. The van der Waals surface area contributed by atoms with Crippen LogP contribution in [0.2, 0.25) is 0 Å². The summed E-state index contributed by atoms with van der Waals surface area (Å²) in [5, 5.41) is 4.02. The van der Waals surface area contributed by atoms with Crippen LogP contribution in [-0.4, -0.2) is 9.78 Å². The summed E-state index contributed by atoms with van der Waals surface area (Å²) in [5.74, 6) is -0.0675. The standard InChI is InChI=1S/C11H12N2O2/c1-7-4-5-8(2)10(6-7)13-11(14)15-9(3)12-13/h4-6H,1-3H3. The van der Waals surface area contributed by atoms with Gasteiger partial charge in [-0.2, -0.15) is 4.68 Å². The van der Waals surface area contributed by atoms with E-state index in [1.165, 1.54) is 4.68 Å². The van der Waals surface area contributed by atoms with E-state index < -0.39 is 5.76 Å². The average Bonchev–Trinajstić information content (AvgIpc) is 2.50. The molecule has 1 aromatic heterocycles. The molecule has 0 amide bonds. The Bertz CT molecular complexity index is 552. The number of hydrogen-bond acceptors (Lipinski definition) is 3. The minimum atomic E-state index is -0.443. The van der Waals surface area contributed by atoms with Gasteiger partial charge in [0.2, 0.25) is 5.89 Å². The summed E-state index contributed by atoms with van der Waals surface area (Å²) in [5.41, 5.74) is 2.86. The Hall–Kier alpha value is -1.84. The van der Waals surface area contributed by atoms with E-state index in [9.17, 15) is 4.79 Å². The lowest BCUT2D eigenvalue weighted by Gasteiger charge is -2.04. The van der Waals surface area contributed by atoms with Crippen molar-refractivity contribution in [2.45, 2.75) is 20.8 Å². The second-order valence-electron chi connectivity index (χ2n) is 3.59. The van der Waals surface area contributed by atoms with E-state index in [2.05, 4.69) is 5.10 Å². The molecule has 1 heterocycles. The quantitative estimate of drug-likeness (QED) is 0.711. The molecule has 0 spiro atoms. The van der Waals surface area contributed by atoms with Gasteiger partial charge in [0.25, 0.3) is 0 Å². The summed E-state index contributed by atoms with van der Waals surface area (Å²) in [6.07, 6.45) is 0. The molecule has 0 atom stereocenters. The molecule has 0 saturated heterocycles. The minimum Gasteiger partial charge on any atom is -0.392 e. The zero-order chi connectivity index (χ0) is 11.0. The smallest absolute Gasteiger partial charge is 0.392 e. The zero-order valence-corrected chi connectivity index (χ0v) is 8.94. The third-order valence-corrected chi connectivity index (χ3v) is 2.24. The highest BCUT2D eigenvalue weighted by atomic mass is 16.4. The summed E-state index contributed by atoms with van der Waals surface area (Å²) < 4.78 is 6.15. The van der Waals surface area contributed by atoms with E-state index in [-0.39, 0.29) is 0 Å². The molecule has 0 bridgehead atoms. The number of nitrogens with zero attached hydrogens (tertiary/aromatic N) is 2. The summed E-state index contributed by atoms with van der Waals surface area (Å²) in [6.45, 7) is 5.56.